The van der Waals surface area contributed by atoms with E-state index in [1.54, 1.807) is 0 Å². The Balaban J connectivity index is 1.29. The number of hydrogen-bond donors (Lipinski definition) is 0. The van der Waals surface area contributed by atoms with E-state index < -0.39 is 5.41 Å². The molecule has 0 saturated heterocycles. The Labute approximate surface area is 303 Å². The Morgan fingerprint density at radius 1 is 0.481 bits per heavy atom. The first-order chi connectivity index (χ1) is 25.8. The van der Waals surface area contributed by atoms with E-state index in [9.17, 15) is 0 Å². The lowest BCUT2D eigenvalue weighted by molar-refractivity contribution is 0.767. The maximum Gasteiger partial charge on any atom is 0.0972 e. The van der Waals surface area contributed by atoms with Crippen LogP contribution in [0, 0.1) is 0 Å². The minimum absolute atomic E-state index is 0.507. The van der Waals surface area contributed by atoms with E-state index in [0.717, 1.165) is 50.6 Å². The van der Waals surface area contributed by atoms with Crippen molar-refractivity contribution in [2.75, 3.05) is 0 Å². The summed E-state index contributed by atoms with van der Waals surface area (Å²) in [6.45, 7) is 0. The molecule has 0 spiro atoms. The van der Waals surface area contributed by atoms with Gasteiger partial charge in [-0.3, -0.25) is 4.98 Å². The minimum Gasteiger partial charge on any atom is -0.254 e. The molecule has 0 radical (unpaired) electrons. The van der Waals surface area contributed by atoms with Crippen LogP contribution in [-0.4, -0.2) is 9.97 Å². The molecule has 0 fully saturated rings. The lowest BCUT2D eigenvalue weighted by Gasteiger charge is -2.35. The lowest BCUT2D eigenvalue weighted by atomic mass is 9.66. The van der Waals surface area contributed by atoms with Gasteiger partial charge in [0.15, 0.2) is 0 Å². The molecule has 2 heterocycles. The second-order valence-electron chi connectivity index (χ2n) is 13.6. The Bertz CT molecular complexity index is 2740. The van der Waals surface area contributed by atoms with Crippen molar-refractivity contribution in [3.63, 3.8) is 0 Å². The number of hydrogen-bond acceptors (Lipinski definition) is 2. The van der Waals surface area contributed by atoms with Gasteiger partial charge in [0.1, 0.15) is 0 Å². The van der Waals surface area contributed by atoms with Gasteiger partial charge >= 0.3 is 0 Å². The van der Waals surface area contributed by atoms with Crippen molar-refractivity contribution < 1.29 is 0 Å². The molecular formula is C50H34N2. The van der Waals surface area contributed by atoms with E-state index in [1.165, 1.54) is 44.5 Å². The standard InChI is InChI=1S/C50H34N2/c1-2-8-18-39(17-7-1)50(40-19-9-4-10-20-40)45-22-12-11-21-41(45)43-32-44(47-30-29-38-28-27-37-16-13-31-51-48(37)49(38)52-47)42(33-46(43)50)36-25-23-35(24-26-36)34-14-5-3-6-15-34/h1,3-33H,2H2. The van der Waals surface area contributed by atoms with Gasteiger partial charge < -0.3 is 0 Å². The first-order valence-electron chi connectivity index (χ1n) is 18.0. The third-order valence-corrected chi connectivity index (χ3v) is 10.8. The Morgan fingerprint density at radius 3 is 2.04 bits per heavy atom. The molecule has 2 nitrogen and oxygen atoms in total. The van der Waals surface area contributed by atoms with Crippen molar-refractivity contribution in [1.29, 1.82) is 0 Å². The molecule has 10 rings (SSSR count). The van der Waals surface area contributed by atoms with Crippen LogP contribution in [0.25, 0.3) is 66.4 Å². The lowest BCUT2D eigenvalue weighted by Crippen LogP contribution is -2.29. The van der Waals surface area contributed by atoms with Crippen LogP contribution in [0.3, 0.4) is 0 Å². The third kappa shape index (κ3) is 4.72. The van der Waals surface area contributed by atoms with Crippen molar-refractivity contribution in [2.45, 2.75) is 11.8 Å². The number of aromatic nitrogens is 2. The van der Waals surface area contributed by atoms with Crippen molar-refractivity contribution >= 4 is 21.8 Å². The summed E-state index contributed by atoms with van der Waals surface area (Å²) in [4.78, 5) is 10.2. The quantitative estimate of drug-likeness (QED) is 0.171. The van der Waals surface area contributed by atoms with Gasteiger partial charge in [0, 0.05) is 22.5 Å². The predicted molar refractivity (Wildman–Crippen MR) is 216 cm³/mol. The fourth-order valence-electron chi connectivity index (χ4n) is 8.43. The number of rotatable bonds is 5. The highest BCUT2D eigenvalue weighted by Crippen LogP contribution is 2.58. The maximum atomic E-state index is 5.41. The van der Waals surface area contributed by atoms with Crippen LogP contribution in [0.2, 0.25) is 0 Å². The first kappa shape index (κ1) is 30.2. The zero-order chi connectivity index (χ0) is 34.5. The average molecular weight is 663 g/mol. The van der Waals surface area contributed by atoms with Gasteiger partial charge in [0.05, 0.1) is 22.1 Å². The van der Waals surface area contributed by atoms with Gasteiger partial charge in [-0.05, 0) is 86.3 Å². The van der Waals surface area contributed by atoms with Crippen LogP contribution < -0.4 is 0 Å². The normalized spacial score (nSPS) is 16.0. The fourth-order valence-corrected chi connectivity index (χ4v) is 8.43. The fraction of sp³-hybridized carbons (Fsp3) is 0.0400. The van der Waals surface area contributed by atoms with Crippen LogP contribution >= 0.6 is 0 Å². The first-order valence-corrected chi connectivity index (χ1v) is 18.0. The van der Waals surface area contributed by atoms with E-state index in [4.69, 9.17) is 9.97 Å². The molecule has 0 amide bonds. The number of pyridine rings is 2. The number of benzene rings is 6. The molecule has 0 N–H and O–H groups in total. The summed E-state index contributed by atoms with van der Waals surface area (Å²) >= 11 is 0. The van der Waals surface area contributed by atoms with Crippen LogP contribution in [0.4, 0.5) is 0 Å². The molecule has 0 saturated carbocycles. The summed E-state index contributed by atoms with van der Waals surface area (Å²) in [5.41, 5.74) is 15.7. The molecule has 2 aliphatic carbocycles. The van der Waals surface area contributed by atoms with E-state index in [2.05, 4.69) is 182 Å². The predicted octanol–water partition coefficient (Wildman–Crippen LogP) is 12.5. The second-order valence-corrected chi connectivity index (χ2v) is 13.6. The Morgan fingerprint density at radius 2 is 1.19 bits per heavy atom. The second kappa shape index (κ2) is 12.3. The SMILES string of the molecule is C1=CCC=CC(C2(c3ccccc3)c3ccccc3-c3cc(-c4ccc5ccc6cccnc6c5n4)c(-c4ccc(-c5ccccc5)cc4)cc32)=C1. The van der Waals surface area contributed by atoms with E-state index in [-0.39, 0.29) is 0 Å². The summed E-state index contributed by atoms with van der Waals surface area (Å²) in [7, 11) is 0. The molecule has 244 valence electrons. The van der Waals surface area contributed by atoms with Crippen molar-refractivity contribution in [2.24, 2.45) is 0 Å². The zero-order valence-electron chi connectivity index (χ0n) is 28.6. The number of nitrogens with zero attached hydrogens (tertiary/aromatic N) is 2. The molecule has 8 aromatic rings. The van der Waals surface area contributed by atoms with Crippen LogP contribution in [0.5, 0.6) is 0 Å². The van der Waals surface area contributed by atoms with Gasteiger partial charge in [0.2, 0.25) is 0 Å². The molecule has 1 unspecified atom stereocenters. The topological polar surface area (TPSA) is 25.8 Å². The monoisotopic (exact) mass is 662 g/mol. The third-order valence-electron chi connectivity index (χ3n) is 10.8. The highest BCUT2D eigenvalue weighted by Gasteiger charge is 2.47. The maximum absolute atomic E-state index is 5.41. The van der Waals surface area contributed by atoms with Gasteiger partial charge in [0.25, 0.3) is 0 Å². The van der Waals surface area contributed by atoms with Crippen molar-refractivity contribution in [3.05, 3.63) is 217 Å². The van der Waals surface area contributed by atoms with Crippen molar-refractivity contribution in [3.8, 4) is 44.6 Å². The van der Waals surface area contributed by atoms with Crippen LogP contribution in [0.15, 0.2) is 200 Å². The molecule has 2 aliphatic rings. The molecule has 52 heavy (non-hydrogen) atoms. The molecule has 1 atom stereocenters. The molecule has 6 aromatic carbocycles. The van der Waals surface area contributed by atoms with Gasteiger partial charge in [-0.1, -0.05) is 164 Å². The van der Waals surface area contributed by atoms with E-state index >= 15 is 0 Å². The number of fused-ring (bicyclic) bond motifs is 6. The summed E-state index contributed by atoms with van der Waals surface area (Å²) in [5, 5.41) is 2.17. The van der Waals surface area contributed by atoms with E-state index in [1.807, 2.05) is 12.3 Å². The number of allylic oxidation sites excluding steroid dienone is 6. The Hall–Kier alpha value is -6.64. The van der Waals surface area contributed by atoms with Crippen LogP contribution in [-0.2, 0) is 5.41 Å². The van der Waals surface area contributed by atoms with Gasteiger partial charge in [-0.15, -0.1) is 0 Å². The highest BCUT2D eigenvalue weighted by atomic mass is 14.8. The van der Waals surface area contributed by atoms with E-state index in [0.29, 0.717) is 0 Å². The van der Waals surface area contributed by atoms with Crippen molar-refractivity contribution in [1.82, 2.24) is 9.97 Å². The highest BCUT2D eigenvalue weighted by molar-refractivity contribution is 6.04. The molecule has 2 heteroatoms. The summed E-state index contributed by atoms with van der Waals surface area (Å²) in [6, 6.07) is 57.2. The smallest absolute Gasteiger partial charge is 0.0972 e. The minimum atomic E-state index is -0.507. The van der Waals surface area contributed by atoms with Gasteiger partial charge in [-0.2, -0.15) is 0 Å². The summed E-state index contributed by atoms with van der Waals surface area (Å²) < 4.78 is 0. The molecular weight excluding hydrogens is 629 g/mol. The van der Waals surface area contributed by atoms with Crippen LogP contribution in [0.1, 0.15) is 23.1 Å². The zero-order valence-corrected chi connectivity index (χ0v) is 28.6. The molecule has 0 bridgehead atoms. The van der Waals surface area contributed by atoms with Gasteiger partial charge in [-0.25, -0.2) is 4.98 Å². The summed E-state index contributed by atoms with van der Waals surface area (Å²) in [5.74, 6) is 0. The average Bonchev–Trinajstić information content (AvgIpc) is 3.33. The molecule has 0 aliphatic heterocycles. The summed E-state index contributed by atoms with van der Waals surface area (Å²) in [6.07, 6.45) is 14.2. The Kier molecular flexibility index (Phi) is 7.14. The molecule has 2 aromatic heterocycles. The largest absolute Gasteiger partial charge is 0.254 e.